The molecule has 0 aliphatic carbocycles. The maximum Gasteiger partial charge on any atom is 0.296 e. The van der Waals surface area contributed by atoms with E-state index in [1.54, 1.807) is 31.2 Å². The van der Waals surface area contributed by atoms with Crippen LogP contribution in [0.25, 0.3) is 17.0 Å². The second-order valence-electron chi connectivity index (χ2n) is 9.45. The number of anilines is 2. The van der Waals surface area contributed by atoms with E-state index in [0.717, 1.165) is 13.1 Å². The molecule has 9 nitrogen and oxygen atoms in total. The van der Waals surface area contributed by atoms with Crippen LogP contribution >= 0.6 is 0 Å². The smallest absolute Gasteiger partial charge is 0.296 e. The Labute approximate surface area is 208 Å². The molecule has 0 radical (unpaired) electrons. The van der Waals surface area contributed by atoms with Gasteiger partial charge in [0.25, 0.3) is 6.43 Å². The summed E-state index contributed by atoms with van der Waals surface area (Å²) in [5.41, 5.74) is 1.00. The second-order valence-corrected chi connectivity index (χ2v) is 9.45. The highest BCUT2D eigenvalue weighted by molar-refractivity contribution is 5.78. The minimum atomic E-state index is -2.79. The molecule has 0 bridgehead atoms. The van der Waals surface area contributed by atoms with E-state index in [1.165, 1.54) is 4.57 Å². The minimum Gasteiger partial charge on any atom is -0.375 e. The van der Waals surface area contributed by atoms with Gasteiger partial charge < -0.3 is 14.5 Å². The third-order valence-corrected chi connectivity index (χ3v) is 6.99. The Morgan fingerprint density at radius 2 is 1.78 bits per heavy atom. The molecule has 2 fully saturated rings. The number of Topliss-reactive ketones (excluding diaryl/α,β-unsaturated/α-hetero) is 1. The zero-order valence-corrected chi connectivity index (χ0v) is 20.8. The molecule has 3 aromatic rings. The van der Waals surface area contributed by atoms with Crippen LogP contribution in [0.5, 0.6) is 0 Å². The summed E-state index contributed by atoms with van der Waals surface area (Å²) >= 11 is 0. The number of morpholine rings is 1. The molecule has 36 heavy (non-hydrogen) atoms. The van der Waals surface area contributed by atoms with Gasteiger partial charge in [-0.3, -0.25) is 14.3 Å². The topological polar surface area (TPSA) is 79.6 Å². The molecule has 2 atom stereocenters. The lowest BCUT2D eigenvalue weighted by Crippen LogP contribution is -2.49. The number of ether oxygens (including phenoxy) is 1. The molecule has 0 unspecified atom stereocenters. The quantitative estimate of drug-likeness (QED) is 0.512. The highest BCUT2D eigenvalue weighted by atomic mass is 19.3. The van der Waals surface area contributed by atoms with Gasteiger partial charge in [-0.25, -0.2) is 13.8 Å². The monoisotopic (exact) mass is 499 g/mol. The number of para-hydroxylation sites is 2. The van der Waals surface area contributed by atoms with Gasteiger partial charge >= 0.3 is 0 Å². The van der Waals surface area contributed by atoms with Crippen molar-refractivity contribution in [1.82, 2.24) is 24.4 Å². The number of hydrogen-bond acceptors (Lipinski definition) is 8. The number of rotatable bonds is 6. The van der Waals surface area contributed by atoms with Gasteiger partial charge in [-0.15, -0.1) is 0 Å². The molecule has 192 valence electrons. The van der Waals surface area contributed by atoms with Gasteiger partial charge in [0.2, 0.25) is 5.95 Å². The number of hydrogen-bond donors (Lipinski definition) is 0. The van der Waals surface area contributed by atoms with E-state index >= 15 is 0 Å². The number of nitrogens with zero attached hydrogens (tertiary/aromatic N) is 7. The maximum absolute atomic E-state index is 14.1. The summed E-state index contributed by atoms with van der Waals surface area (Å²) in [6.45, 7) is 10.1. The van der Waals surface area contributed by atoms with Crippen molar-refractivity contribution in [3.05, 3.63) is 36.2 Å². The van der Waals surface area contributed by atoms with Gasteiger partial charge in [0.05, 0.1) is 36.3 Å². The van der Waals surface area contributed by atoms with Crippen molar-refractivity contribution in [1.29, 1.82) is 0 Å². The summed E-state index contributed by atoms with van der Waals surface area (Å²) in [5.74, 6) is 1.26. The van der Waals surface area contributed by atoms with E-state index in [9.17, 15) is 13.6 Å². The van der Waals surface area contributed by atoms with Crippen LogP contribution in [-0.2, 0) is 9.53 Å². The number of piperazine rings is 1. The normalized spacial score (nSPS) is 21.5. The van der Waals surface area contributed by atoms with Crippen LogP contribution in [0, 0.1) is 0 Å². The van der Waals surface area contributed by atoms with Crippen molar-refractivity contribution in [3.63, 3.8) is 0 Å². The molecule has 2 aliphatic heterocycles. The van der Waals surface area contributed by atoms with E-state index in [1.807, 2.05) is 13.0 Å². The Kier molecular flexibility index (Phi) is 6.85. The fourth-order valence-electron chi connectivity index (χ4n) is 4.93. The van der Waals surface area contributed by atoms with E-state index in [-0.39, 0.29) is 29.7 Å². The Hall–Kier alpha value is -3.18. The molecular formula is C25H31F2N7O2. The van der Waals surface area contributed by atoms with Gasteiger partial charge in [0.15, 0.2) is 5.82 Å². The first-order chi connectivity index (χ1) is 17.3. The highest BCUT2D eigenvalue weighted by Gasteiger charge is 2.30. The Morgan fingerprint density at radius 3 is 2.50 bits per heavy atom. The third-order valence-electron chi connectivity index (χ3n) is 6.99. The van der Waals surface area contributed by atoms with Crippen molar-refractivity contribution in [3.8, 4) is 5.95 Å². The van der Waals surface area contributed by atoms with Crippen LogP contribution in [0.15, 0.2) is 30.3 Å². The van der Waals surface area contributed by atoms with E-state index in [0.29, 0.717) is 55.5 Å². The number of ketones is 1. The van der Waals surface area contributed by atoms with Crippen molar-refractivity contribution in [2.24, 2.45) is 0 Å². The molecule has 0 spiro atoms. The van der Waals surface area contributed by atoms with Crippen molar-refractivity contribution in [2.45, 2.75) is 39.3 Å². The highest BCUT2D eigenvalue weighted by Crippen LogP contribution is 2.30. The molecule has 4 heterocycles. The number of carbonyl (C=O) groups is 1. The van der Waals surface area contributed by atoms with Crippen molar-refractivity contribution in [2.75, 3.05) is 55.7 Å². The SMILES string of the molecule is CC(=O)CN1CCN(c2cc(N3CCO[C@@H](C)[C@@H]3C)nc(-n3c(C(F)F)nc4ccccc43)n2)CC1. The molecule has 2 aliphatic rings. The molecule has 1 aromatic carbocycles. The van der Waals surface area contributed by atoms with Crippen LogP contribution in [0.2, 0.25) is 0 Å². The fraction of sp³-hybridized carbons (Fsp3) is 0.520. The Bertz CT molecular complexity index is 1240. The summed E-state index contributed by atoms with van der Waals surface area (Å²) < 4.78 is 35.4. The fourth-order valence-corrected chi connectivity index (χ4v) is 4.93. The number of fused-ring (bicyclic) bond motifs is 1. The average Bonchev–Trinajstić information content (AvgIpc) is 3.26. The molecule has 11 heteroatoms. The first-order valence-corrected chi connectivity index (χ1v) is 12.3. The largest absolute Gasteiger partial charge is 0.375 e. The number of benzene rings is 1. The number of halogens is 2. The number of imidazole rings is 1. The maximum atomic E-state index is 14.1. The van der Waals surface area contributed by atoms with Gasteiger partial charge in [0.1, 0.15) is 17.4 Å². The zero-order valence-electron chi connectivity index (χ0n) is 20.8. The lowest BCUT2D eigenvalue weighted by molar-refractivity contribution is -0.118. The summed E-state index contributed by atoms with van der Waals surface area (Å²) in [7, 11) is 0. The van der Waals surface area contributed by atoms with E-state index in [4.69, 9.17) is 14.7 Å². The summed E-state index contributed by atoms with van der Waals surface area (Å²) in [5, 5.41) is 0. The van der Waals surface area contributed by atoms with E-state index < -0.39 is 6.43 Å². The first-order valence-electron chi connectivity index (χ1n) is 12.3. The van der Waals surface area contributed by atoms with E-state index in [2.05, 4.69) is 26.6 Å². The Balaban J connectivity index is 1.59. The molecule has 0 saturated carbocycles. The third kappa shape index (κ3) is 4.77. The lowest BCUT2D eigenvalue weighted by Gasteiger charge is -2.39. The molecule has 0 amide bonds. The summed E-state index contributed by atoms with van der Waals surface area (Å²) in [4.78, 5) is 31.7. The second kappa shape index (κ2) is 10.1. The van der Waals surface area contributed by atoms with Crippen LogP contribution in [0.1, 0.15) is 33.0 Å². The van der Waals surface area contributed by atoms with Crippen LogP contribution in [-0.4, -0.2) is 88.2 Å². The minimum absolute atomic E-state index is 0.00133. The van der Waals surface area contributed by atoms with Crippen LogP contribution in [0.3, 0.4) is 0 Å². The number of alkyl halides is 2. The predicted octanol–water partition coefficient (Wildman–Crippen LogP) is 3.08. The molecular weight excluding hydrogens is 468 g/mol. The zero-order chi connectivity index (χ0) is 25.4. The molecule has 2 aromatic heterocycles. The first kappa shape index (κ1) is 24.5. The lowest BCUT2D eigenvalue weighted by atomic mass is 10.1. The number of carbonyl (C=O) groups excluding carboxylic acids is 1. The summed E-state index contributed by atoms with van der Waals surface area (Å²) in [6.07, 6.45) is -2.79. The Morgan fingerprint density at radius 1 is 1.06 bits per heavy atom. The van der Waals surface area contributed by atoms with Crippen molar-refractivity contribution < 1.29 is 18.3 Å². The molecule has 2 saturated heterocycles. The summed E-state index contributed by atoms with van der Waals surface area (Å²) in [6, 6.07) is 9.01. The van der Waals surface area contributed by atoms with Gasteiger partial charge in [-0.05, 0) is 32.9 Å². The van der Waals surface area contributed by atoms with Gasteiger partial charge in [-0.2, -0.15) is 9.97 Å². The predicted molar refractivity (Wildman–Crippen MR) is 133 cm³/mol. The van der Waals surface area contributed by atoms with Crippen LogP contribution in [0.4, 0.5) is 20.4 Å². The average molecular weight is 500 g/mol. The van der Waals surface area contributed by atoms with Crippen molar-refractivity contribution >= 4 is 28.5 Å². The molecule has 0 N–H and O–H groups in total. The standard InChI is InChI=1S/C25H31F2N7O2/c1-16(35)15-31-8-10-32(11-9-31)21-14-22(33-12-13-36-18(3)17(33)2)30-25(29-21)34-20-7-5-4-6-19(20)28-24(34)23(26)27/h4-7,14,17-18,23H,8-13,15H2,1-3H3/t17-,18-/m0/s1. The number of aromatic nitrogens is 4. The van der Waals surface area contributed by atoms with Gasteiger partial charge in [-0.1, -0.05) is 12.1 Å². The van der Waals surface area contributed by atoms with Crippen LogP contribution < -0.4 is 9.80 Å². The molecule has 5 rings (SSSR count). The van der Waals surface area contributed by atoms with Gasteiger partial charge in [0, 0.05) is 38.8 Å².